The van der Waals surface area contributed by atoms with Crippen molar-refractivity contribution in [2.45, 2.75) is 13.8 Å². The Bertz CT molecular complexity index is 103. The summed E-state index contributed by atoms with van der Waals surface area (Å²) in [6.45, 7) is 3.56. The lowest BCUT2D eigenvalue weighted by atomic mass is 10.7. The van der Waals surface area contributed by atoms with Gasteiger partial charge in [0.2, 0.25) is 0 Å². The largest absolute Gasteiger partial charge is 0.600 e. The van der Waals surface area contributed by atoms with Gasteiger partial charge in [0, 0.05) is 12.7 Å². The van der Waals surface area contributed by atoms with Gasteiger partial charge in [0.1, 0.15) is 6.26 Å². The quantitative estimate of drug-likeness (QED) is 0.395. The van der Waals surface area contributed by atoms with Gasteiger partial charge in [-0.15, -0.1) is 0 Å². The lowest BCUT2D eigenvalue weighted by Crippen LogP contribution is -1.95. The molecule has 0 rings (SSSR count). The molecule has 0 aliphatic heterocycles. The molecule has 0 aromatic carbocycles. The molecule has 0 radical (unpaired) electrons. The molecule has 0 bridgehead atoms. The Morgan fingerprint density at radius 1 is 1.89 bits per heavy atom. The minimum Gasteiger partial charge on any atom is -0.600 e. The van der Waals surface area contributed by atoms with Crippen molar-refractivity contribution in [2.75, 3.05) is 5.75 Å². The van der Waals surface area contributed by atoms with E-state index in [9.17, 15) is 4.55 Å². The number of aliphatic hydroxyl groups excluding tert-OH is 1. The number of aliphatic hydroxyl groups is 1. The molecular weight excluding hydrogens is 156 g/mol. The highest BCUT2D eigenvalue weighted by Gasteiger charge is 2.08. The Morgan fingerprint density at radius 3 is 2.78 bits per heavy atom. The highest BCUT2D eigenvalue weighted by Crippen LogP contribution is 2.19. The molecule has 0 aromatic rings. The third kappa shape index (κ3) is 3.72. The van der Waals surface area contributed by atoms with Crippen molar-refractivity contribution in [3.8, 4) is 0 Å². The van der Waals surface area contributed by atoms with E-state index in [1.54, 1.807) is 6.92 Å². The molecule has 0 saturated carbocycles. The van der Waals surface area contributed by atoms with Crippen LogP contribution in [0, 0.1) is 0 Å². The van der Waals surface area contributed by atoms with Gasteiger partial charge in [-0.3, -0.25) is 0 Å². The minimum atomic E-state index is -1.04. The maximum absolute atomic E-state index is 10.8. The monoisotopic (exact) mass is 166 g/mol. The van der Waals surface area contributed by atoms with Crippen LogP contribution in [0.5, 0.6) is 0 Å². The molecular formula is C5H10O2S2. The third-order valence-corrected chi connectivity index (χ3v) is 3.89. The van der Waals surface area contributed by atoms with Crippen molar-refractivity contribution < 1.29 is 9.66 Å². The van der Waals surface area contributed by atoms with E-state index in [0.717, 1.165) is 12.0 Å². The lowest BCUT2D eigenvalue weighted by Gasteiger charge is -2.03. The van der Waals surface area contributed by atoms with Gasteiger partial charge in [0.15, 0.2) is 4.91 Å². The van der Waals surface area contributed by atoms with Crippen LogP contribution in [-0.4, -0.2) is 15.4 Å². The lowest BCUT2D eigenvalue weighted by molar-refractivity contribution is 0.470. The topological polar surface area (TPSA) is 43.3 Å². The van der Waals surface area contributed by atoms with E-state index < -0.39 is 10.2 Å². The Kier molecular flexibility index (Phi) is 5.13. The Balaban J connectivity index is 3.59. The smallest absolute Gasteiger partial charge is 0.173 e. The summed E-state index contributed by atoms with van der Waals surface area (Å²) >= 11 is 0. The second-order valence-electron chi connectivity index (χ2n) is 1.38. The van der Waals surface area contributed by atoms with E-state index in [2.05, 4.69) is 0 Å². The molecule has 0 aliphatic carbocycles. The highest BCUT2D eigenvalue weighted by atomic mass is 33.1. The van der Waals surface area contributed by atoms with E-state index in [4.69, 9.17) is 5.11 Å². The summed E-state index contributed by atoms with van der Waals surface area (Å²) in [6.07, 6.45) is 0.888. The van der Waals surface area contributed by atoms with Gasteiger partial charge in [-0.25, -0.2) is 0 Å². The van der Waals surface area contributed by atoms with Crippen molar-refractivity contribution in [2.24, 2.45) is 0 Å². The van der Waals surface area contributed by atoms with E-state index in [0.29, 0.717) is 4.91 Å². The zero-order valence-electron chi connectivity index (χ0n) is 5.46. The molecule has 0 heterocycles. The van der Waals surface area contributed by atoms with E-state index in [-0.39, 0.29) is 0 Å². The van der Waals surface area contributed by atoms with Crippen molar-refractivity contribution in [1.82, 2.24) is 0 Å². The summed E-state index contributed by atoms with van der Waals surface area (Å²) in [5.74, 6) is 0.803. The minimum absolute atomic E-state index is 0.516. The van der Waals surface area contributed by atoms with Crippen LogP contribution in [0.15, 0.2) is 11.2 Å². The number of rotatable bonds is 3. The summed E-state index contributed by atoms with van der Waals surface area (Å²) < 4.78 is 10.8. The SMILES string of the molecule is CCS[S+]([O-])/C(C)=C/O. The van der Waals surface area contributed by atoms with Gasteiger partial charge in [-0.1, -0.05) is 6.92 Å². The van der Waals surface area contributed by atoms with Gasteiger partial charge in [-0.05, 0) is 0 Å². The van der Waals surface area contributed by atoms with E-state index >= 15 is 0 Å². The van der Waals surface area contributed by atoms with Crippen LogP contribution in [0.1, 0.15) is 13.8 Å². The maximum Gasteiger partial charge on any atom is 0.173 e. The first-order chi connectivity index (χ1) is 4.22. The van der Waals surface area contributed by atoms with Gasteiger partial charge in [0.25, 0.3) is 0 Å². The van der Waals surface area contributed by atoms with Crippen molar-refractivity contribution in [3.05, 3.63) is 11.2 Å². The number of hydrogen-bond donors (Lipinski definition) is 1. The van der Waals surface area contributed by atoms with Gasteiger partial charge < -0.3 is 9.66 Å². The van der Waals surface area contributed by atoms with Gasteiger partial charge in [0.05, 0.1) is 21.0 Å². The van der Waals surface area contributed by atoms with Crippen LogP contribution in [0.4, 0.5) is 0 Å². The zero-order valence-corrected chi connectivity index (χ0v) is 7.09. The fourth-order valence-corrected chi connectivity index (χ4v) is 2.06. The normalized spacial score (nSPS) is 15.7. The summed E-state index contributed by atoms with van der Waals surface area (Å²) in [5.41, 5.74) is 0. The van der Waals surface area contributed by atoms with Crippen molar-refractivity contribution >= 4 is 21.0 Å². The van der Waals surface area contributed by atoms with Crippen LogP contribution in [0.3, 0.4) is 0 Å². The second kappa shape index (κ2) is 5.02. The van der Waals surface area contributed by atoms with E-state index in [1.165, 1.54) is 10.8 Å². The van der Waals surface area contributed by atoms with Crippen molar-refractivity contribution in [1.29, 1.82) is 0 Å². The molecule has 0 amide bonds. The molecule has 9 heavy (non-hydrogen) atoms. The summed E-state index contributed by atoms with van der Waals surface area (Å²) in [6, 6.07) is 0. The predicted molar refractivity (Wildman–Crippen MR) is 42.7 cm³/mol. The van der Waals surface area contributed by atoms with Crippen LogP contribution >= 0.6 is 10.8 Å². The third-order valence-electron chi connectivity index (χ3n) is 0.670. The van der Waals surface area contributed by atoms with Gasteiger partial charge >= 0.3 is 0 Å². The van der Waals surface area contributed by atoms with Crippen LogP contribution in [0.25, 0.3) is 0 Å². The zero-order chi connectivity index (χ0) is 7.28. The summed E-state index contributed by atoms with van der Waals surface area (Å²) in [5, 5.41) is 8.36. The second-order valence-corrected chi connectivity index (χ2v) is 4.92. The highest BCUT2D eigenvalue weighted by molar-refractivity contribution is 8.73. The molecule has 0 saturated heterocycles. The average Bonchev–Trinajstić information content (AvgIpc) is 1.87. The first-order valence-electron chi connectivity index (χ1n) is 2.58. The molecule has 2 nitrogen and oxygen atoms in total. The number of hydrogen-bond acceptors (Lipinski definition) is 3. The Morgan fingerprint density at radius 2 is 2.44 bits per heavy atom. The summed E-state index contributed by atoms with van der Waals surface area (Å²) in [4.78, 5) is 0.516. The predicted octanol–water partition coefficient (Wildman–Crippen LogP) is 1.82. The van der Waals surface area contributed by atoms with Crippen LogP contribution < -0.4 is 0 Å². The number of allylic oxidation sites excluding steroid dienone is 1. The fraction of sp³-hybridized carbons (Fsp3) is 0.600. The molecule has 4 heteroatoms. The molecule has 0 fully saturated rings. The molecule has 1 unspecified atom stereocenters. The van der Waals surface area contributed by atoms with Crippen molar-refractivity contribution in [3.63, 3.8) is 0 Å². The van der Waals surface area contributed by atoms with Crippen LogP contribution in [-0.2, 0) is 10.2 Å². The standard InChI is InChI=1S/C5H10O2S2/c1-3-8-9(7)5(2)4-6/h4,6H,3H2,1-2H3/b5-4+. The maximum atomic E-state index is 10.8. The molecule has 0 spiro atoms. The first-order valence-corrected chi connectivity index (χ1v) is 5.23. The Hall–Kier alpha value is 0.200. The van der Waals surface area contributed by atoms with Crippen LogP contribution in [0.2, 0.25) is 0 Å². The Labute approximate surface area is 61.9 Å². The molecule has 54 valence electrons. The fourth-order valence-electron chi connectivity index (χ4n) is 0.243. The first kappa shape index (κ1) is 9.20. The molecule has 1 N–H and O–H groups in total. The molecule has 0 aromatic heterocycles. The average molecular weight is 166 g/mol. The molecule has 0 aliphatic rings. The van der Waals surface area contributed by atoms with E-state index in [1.807, 2.05) is 6.92 Å². The molecule has 1 atom stereocenters. The summed E-state index contributed by atoms with van der Waals surface area (Å²) in [7, 11) is 0.271. The van der Waals surface area contributed by atoms with Gasteiger partial charge in [-0.2, -0.15) is 0 Å².